The van der Waals surface area contributed by atoms with Gasteiger partial charge in [-0.15, -0.1) is 0 Å². The Bertz CT molecular complexity index is 849. The van der Waals surface area contributed by atoms with Crippen molar-refractivity contribution < 1.29 is 4.79 Å². The van der Waals surface area contributed by atoms with E-state index in [0.717, 1.165) is 22.3 Å². The number of pyridine rings is 1. The van der Waals surface area contributed by atoms with Gasteiger partial charge in [0, 0.05) is 29.4 Å². The van der Waals surface area contributed by atoms with E-state index in [0.29, 0.717) is 11.5 Å². The summed E-state index contributed by atoms with van der Waals surface area (Å²) in [5, 5.41) is 3.84. The molecule has 1 amide bonds. The van der Waals surface area contributed by atoms with Gasteiger partial charge in [-0.2, -0.15) is 0 Å². The molecule has 0 radical (unpaired) electrons. The summed E-state index contributed by atoms with van der Waals surface area (Å²) < 4.78 is 0. The summed E-state index contributed by atoms with van der Waals surface area (Å²) in [6, 6.07) is 11.4. The second-order valence-electron chi connectivity index (χ2n) is 6.04. The van der Waals surface area contributed by atoms with Gasteiger partial charge in [-0.1, -0.05) is 12.1 Å². The van der Waals surface area contributed by atoms with E-state index in [4.69, 9.17) is 5.73 Å². The Kier molecular flexibility index (Phi) is 3.35. The van der Waals surface area contributed by atoms with Gasteiger partial charge in [-0.05, 0) is 48.6 Å². The standard InChI is InChI=1S/C18H18N4O/c19-16(11-1-2-11)12-3-5-13(6-4-12)18(23)22-15-8-10-21-17-14(15)7-9-20-17/h3-11,16H,1-2,19H2,(H2,20,21,22,23). The monoisotopic (exact) mass is 306 g/mol. The number of rotatable bonds is 4. The van der Waals surface area contributed by atoms with Crippen molar-refractivity contribution in [1.82, 2.24) is 9.97 Å². The van der Waals surface area contributed by atoms with Crippen LogP contribution in [0.15, 0.2) is 48.8 Å². The summed E-state index contributed by atoms with van der Waals surface area (Å²) in [5.74, 6) is 0.471. The first kappa shape index (κ1) is 14.0. The molecule has 1 aliphatic carbocycles. The van der Waals surface area contributed by atoms with Gasteiger partial charge in [0.05, 0.1) is 5.69 Å². The van der Waals surface area contributed by atoms with E-state index in [1.54, 1.807) is 18.5 Å². The lowest BCUT2D eigenvalue weighted by atomic mass is 10.0. The maximum atomic E-state index is 12.4. The molecule has 1 fully saturated rings. The SMILES string of the molecule is NC(c1ccc(C(=O)Nc2ccnc3[nH]ccc23)cc1)C1CC1. The quantitative estimate of drug-likeness (QED) is 0.692. The number of carbonyl (C=O) groups excluding carboxylic acids is 1. The molecular weight excluding hydrogens is 288 g/mol. The van der Waals surface area contributed by atoms with Crippen molar-refractivity contribution in [2.75, 3.05) is 5.32 Å². The summed E-state index contributed by atoms with van der Waals surface area (Å²) in [4.78, 5) is 19.7. The lowest BCUT2D eigenvalue weighted by Gasteiger charge is -2.11. The first-order valence-corrected chi connectivity index (χ1v) is 7.81. The average Bonchev–Trinajstić information content (AvgIpc) is 3.31. The number of hydrogen-bond acceptors (Lipinski definition) is 3. The number of benzene rings is 1. The Morgan fingerprint density at radius 1 is 1.22 bits per heavy atom. The molecule has 5 nitrogen and oxygen atoms in total. The highest BCUT2D eigenvalue weighted by molar-refractivity contribution is 6.08. The number of H-pyrrole nitrogens is 1. The van der Waals surface area contributed by atoms with E-state index in [2.05, 4.69) is 15.3 Å². The summed E-state index contributed by atoms with van der Waals surface area (Å²) in [5.41, 5.74) is 9.42. The second kappa shape index (κ2) is 5.52. The first-order valence-electron chi connectivity index (χ1n) is 7.81. The number of amides is 1. The van der Waals surface area contributed by atoms with E-state index < -0.39 is 0 Å². The third-order valence-electron chi connectivity index (χ3n) is 4.40. The lowest BCUT2D eigenvalue weighted by molar-refractivity contribution is 0.102. The second-order valence-corrected chi connectivity index (χ2v) is 6.04. The van der Waals surface area contributed by atoms with Crippen molar-refractivity contribution in [2.45, 2.75) is 18.9 Å². The third-order valence-corrected chi connectivity index (χ3v) is 4.40. The van der Waals surface area contributed by atoms with E-state index in [9.17, 15) is 4.79 Å². The van der Waals surface area contributed by atoms with Gasteiger partial charge >= 0.3 is 0 Å². The van der Waals surface area contributed by atoms with Crippen LogP contribution < -0.4 is 11.1 Å². The van der Waals surface area contributed by atoms with Crippen LogP contribution in [0.5, 0.6) is 0 Å². The maximum Gasteiger partial charge on any atom is 0.255 e. The molecule has 5 heteroatoms. The van der Waals surface area contributed by atoms with Gasteiger partial charge in [-0.3, -0.25) is 4.79 Å². The average molecular weight is 306 g/mol. The Labute approximate surface area is 133 Å². The Balaban J connectivity index is 1.53. The highest BCUT2D eigenvalue weighted by atomic mass is 16.1. The summed E-state index contributed by atoms with van der Waals surface area (Å²) >= 11 is 0. The van der Waals surface area contributed by atoms with Crippen LogP contribution in [0.25, 0.3) is 11.0 Å². The number of nitrogens with zero attached hydrogens (tertiary/aromatic N) is 1. The Morgan fingerprint density at radius 2 is 2.00 bits per heavy atom. The van der Waals surface area contributed by atoms with Gasteiger partial charge in [0.2, 0.25) is 0 Å². The van der Waals surface area contributed by atoms with Crippen LogP contribution in [-0.2, 0) is 0 Å². The maximum absolute atomic E-state index is 12.4. The molecule has 4 N–H and O–H groups in total. The molecule has 0 aliphatic heterocycles. The summed E-state index contributed by atoms with van der Waals surface area (Å²) in [6.45, 7) is 0. The largest absolute Gasteiger partial charge is 0.346 e. The number of fused-ring (bicyclic) bond motifs is 1. The molecule has 1 aliphatic rings. The topological polar surface area (TPSA) is 83.8 Å². The minimum atomic E-state index is -0.134. The zero-order chi connectivity index (χ0) is 15.8. The summed E-state index contributed by atoms with van der Waals surface area (Å²) in [7, 11) is 0. The van der Waals surface area contributed by atoms with Gasteiger partial charge in [0.25, 0.3) is 5.91 Å². The number of nitrogens with one attached hydrogen (secondary N) is 2. The number of anilines is 1. The van der Waals surface area contributed by atoms with Crippen LogP contribution in [0.2, 0.25) is 0 Å². The minimum Gasteiger partial charge on any atom is -0.346 e. The van der Waals surface area contributed by atoms with Crippen LogP contribution in [0, 0.1) is 5.92 Å². The van der Waals surface area contributed by atoms with Crippen molar-refractivity contribution in [3.05, 3.63) is 59.9 Å². The van der Waals surface area contributed by atoms with Gasteiger partial charge < -0.3 is 16.0 Å². The predicted molar refractivity (Wildman–Crippen MR) is 90.1 cm³/mol. The van der Waals surface area contributed by atoms with E-state index in [-0.39, 0.29) is 11.9 Å². The Morgan fingerprint density at radius 3 is 2.74 bits per heavy atom. The molecule has 0 bridgehead atoms. The highest BCUT2D eigenvalue weighted by Crippen LogP contribution is 2.39. The molecule has 2 heterocycles. The Hall–Kier alpha value is -2.66. The molecule has 1 aromatic carbocycles. The normalized spacial score (nSPS) is 15.5. The van der Waals surface area contributed by atoms with Crippen molar-refractivity contribution >= 4 is 22.6 Å². The van der Waals surface area contributed by atoms with Crippen LogP contribution in [0.4, 0.5) is 5.69 Å². The van der Waals surface area contributed by atoms with Crippen molar-refractivity contribution in [2.24, 2.45) is 11.7 Å². The molecule has 4 rings (SSSR count). The third kappa shape index (κ3) is 2.71. The molecule has 2 aromatic heterocycles. The van der Waals surface area contributed by atoms with Gasteiger partial charge in [0.1, 0.15) is 5.65 Å². The molecule has 1 saturated carbocycles. The van der Waals surface area contributed by atoms with Crippen LogP contribution in [-0.4, -0.2) is 15.9 Å². The van der Waals surface area contributed by atoms with Crippen molar-refractivity contribution in [3.63, 3.8) is 0 Å². The molecule has 0 spiro atoms. The molecule has 3 aromatic rings. The number of carbonyl (C=O) groups is 1. The first-order chi connectivity index (χ1) is 11.2. The molecule has 23 heavy (non-hydrogen) atoms. The van der Waals surface area contributed by atoms with E-state index in [1.165, 1.54) is 12.8 Å². The fraction of sp³-hybridized carbons (Fsp3) is 0.222. The van der Waals surface area contributed by atoms with Gasteiger partial charge in [-0.25, -0.2) is 4.98 Å². The lowest BCUT2D eigenvalue weighted by Crippen LogP contribution is -2.14. The number of aromatic amines is 1. The molecule has 116 valence electrons. The molecular formula is C18H18N4O. The zero-order valence-corrected chi connectivity index (χ0v) is 12.6. The fourth-order valence-electron chi connectivity index (χ4n) is 2.85. The smallest absolute Gasteiger partial charge is 0.255 e. The highest BCUT2D eigenvalue weighted by Gasteiger charge is 2.29. The predicted octanol–water partition coefficient (Wildman–Crippen LogP) is 3.23. The number of hydrogen-bond donors (Lipinski definition) is 3. The van der Waals surface area contributed by atoms with E-state index in [1.807, 2.05) is 30.3 Å². The number of nitrogens with two attached hydrogens (primary N) is 1. The minimum absolute atomic E-state index is 0.0896. The van der Waals surface area contributed by atoms with Crippen LogP contribution >= 0.6 is 0 Å². The fourth-order valence-corrected chi connectivity index (χ4v) is 2.85. The summed E-state index contributed by atoms with van der Waals surface area (Å²) in [6.07, 6.45) is 5.89. The number of aromatic nitrogens is 2. The zero-order valence-electron chi connectivity index (χ0n) is 12.6. The van der Waals surface area contributed by atoms with E-state index >= 15 is 0 Å². The van der Waals surface area contributed by atoms with Crippen molar-refractivity contribution in [1.29, 1.82) is 0 Å². The molecule has 1 atom stereocenters. The van der Waals surface area contributed by atoms with Gasteiger partial charge in [0.15, 0.2) is 0 Å². The van der Waals surface area contributed by atoms with Crippen LogP contribution in [0.1, 0.15) is 34.8 Å². The van der Waals surface area contributed by atoms with Crippen LogP contribution in [0.3, 0.4) is 0 Å². The molecule has 0 saturated heterocycles. The molecule has 1 unspecified atom stereocenters. The van der Waals surface area contributed by atoms with Crippen molar-refractivity contribution in [3.8, 4) is 0 Å².